The molecular formula is C11H7FN4O5. The largest absolute Gasteiger partial charge is 0.439 e. The van der Waals surface area contributed by atoms with Crippen LogP contribution in [0.4, 0.5) is 21.6 Å². The average Bonchev–Trinajstić information content (AvgIpc) is 2.37. The van der Waals surface area contributed by atoms with Gasteiger partial charge in [-0.3, -0.25) is 20.2 Å². The summed E-state index contributed by atoms with van der Waals surface area (Å²) in [5, 5.41) is 21.0. The van der Waals surface area contributed by atoms with Crippen LogP contribution in [-0.4, -0.2) is 14.8 Å². The minimum absolute atomic E-state index is 0.0566. The van der Waals surface area contributed by atoms with Crippen molar-refractivity contribution < 1.29 is 19.0 Å². The third kappa shape index (κ3) is 3.00. The molecule has 21 heavy (non-hydrogen) atoms. The average molecular weight is 294 g/mol. The van der Waals surface area contributed by atoms with Gasteiger partial charge < -0.3 is 10.5 Å². The number of ether oxygens (including phenoxy) is 1. The van der Waals surface area contributed by atoms with Gasteiger partial charge in [-0.05, 0) is 6.07 Å². The molecule has 2 N–H and O–H groups in total. The zero-order valence-corrected chi connectivity index (χ0v) is 10.2. The molecule has 0 bridgehead atoms. The quantitative estimate of drug-likeness (QED) is 0.675. The van der Waals surface area contributed by atoms with Crippen LogP contribution in [0.25, 0.3) is 0 Å². The predicted octanol–water partition coefficient (Wildman–Crippen LogP) is 2.41. The first-order valence-electron chi connectivity index (χ1n) is 5.41. The molecule has 0 radical (unpaired) electrons. The van der Waals surface area contributed by atoms with Gasteiger partial charge in [0, 0.05) is 24.3 Å². The molecule has 1 heterocycles. The molecule has 0 saturated heterocycles. The molecule has 0 aliphatic carbocycles. The minimum Gasteiger partial charge on any atom is -0.439 e. The van der Waals surface area contributed by atoms with Crippen molar-refractivity contribution in [2.75, 3.05) is 5.73 Å². The van der Waals surface area contributed by atoms with E-state index in [0.717, 1.165) is 18.2 Å². The van der Waals surface area contributed by atoms with Gasteiger partial charge in [0.1, 0.15) is 5.75 Å². The number of aromatic nitrogens is 1. The highest BCUT2D eigenvalue weighted by molar-refractivity contribution is 5.53. The number of nitrogen functional groups attached to an aromatic ring is 1. The number of anilines is 1. The highest BCUT2D eigenvalue weighted by Gasteiger charge is 2.16. The lowest BCUT2D eigenvalue weighted by Crippen LogP contribution is -2.00. The number of nitrogens with zero attached hydrogens (tertiary/aromatic N) is 3. The molecule has 0 amide bonds. The van der Waals surface area contributed by atoms with Gasteiger partial charge in [-0.25, -0.2) is 0 Å². The summed E-state index contributed by atoms with van der Waals surface area (Å²) in [7, 11) is 0. The number of hydrogen-bond donors (Lipinski definition) is 1. The molecule has 9 nitrogen and oxygen atoms in total. The maximum absolute atomic E-state index is 13.4. The number of hydrogen-bond acceptors (Lipinski definition) is 7. The van der Waals surface area contributed by atoms with Crippen molar-refractivity contribution in [3.63, 3.8) is 0 Å². The Kier molecular flexibility index (Phi) is 3.61. The number of pyridine rings is 1. The molecule has 0 aliphatic heterocycles. The zero-order chi connectivity index (χ0) is 15.6. The highest BCUT2D eigenvalue weighted by Crippen LogP contribution is 2.28. The molecule has 10 heteroatoms. The van der Waals surface area contributed by atoms with E-state index in [0.29, 0.717) is 0 Å². The van der Waals surface area contributed by atoms with Gasteiger partial charge in [-0.1, -0.05) is 0 Å². The van der Waals surface area contributed by atoms with Gasteiger partial charge in [0.25, 0.3) is 0 Å². The van der Waals surface area contributed by atoms with E-state index in [-0.39, 0.29) is 17.4 Å². The number of halogens is 1. The number of nitro benzene ring substituents is 1. The van der Waals surface area contributed by atoms with Gasteiger partial charge in [0.15, 0.2) is 0 Å². The van der Waals surface area contributed by atoms with Crippen LogP contribution in [0.5, 0.6) is 11.6 Å². The molecule has 0 fully saturated rings. The molecule has 0 spiro atoms. The van der Waals surface area contributed by atoms with E-state index in [1.54, 1.807) is 0 Å². The Labute approximate surface area is 116 Å². The van der Waals surface area contributed by atoms with Crippen LogP contribution in [-0.2, 0) is 0 Å². The van der Waals surface area contributed by atoms with Crippen molar-refractivity contribution in [1.82, 2.24) is 4.98 Å². The standard InChI is InChI=1S/C11H7FN4O5/c12-7-5-6(1-2-8(7)15(17)18)21-10-4-3-9(16(19)20)11(13)14-10/h1-5H,(H2,13,14). The third-order valence-corrected chi connectivity index (χ3v) is 2.41. The van der Waals surface area contributed by atoms with Gasteiger partial charge in [0.05, 0.1) is 9.85 Å². The van der Waals surface area contributed by atoms with Gasteiger partial charge in [0.2, 0.25) is 17.5 Å². The number of rotatable bonds is 4. The Hall–Kier alpha value is -3.30. The van der Waals surface area contributed by atoms with Gasteiger partial charge in [-0.15, -0.1) is 0 Å². The Morgan fingerprint density at radius 3 is 2.24 bits per heavy atom. The summed E-state index contributed by atoms with van der Waals surface area (Å²) in [6.07, 6.45) is 0. The second-order valence-electron chi connectivity index (χ2n) is 3.78. The van der Waals surface area contributed by atoms with Crippen molar-refractivity contribution in [3.8, 4) is 11.6 Å². The van der Waals surface area contributed by atoms with Crippen LogP contribution in [0.2, 0.25) is 0 Å². The monoisotopic (exact) mass is 294 g/mol. The van der Waals surface area contributed by atoms with Crippen LogP contribution < -0.4 is 10.5 Å². The lowest BCUT2D eigenvalue weighted by molar-refractivity contribution is -0.387. The number of nitro groups is 2. The van der Waals surface area contributed by atoms with Crippen molar-refractivity contribution in [2.24, 2.45) is 0 Å². The lowest BCUT2D eigenvalue weighted by atomic mass is 10.3. The van der Waals surface area contributed by atoms with Crippen molar-refractivity contribution in [2.45, 2.75) is 0 Å². The SMILES string of the molecule is Nc1nc(Oc2ccc([N+](=O)[O-])c(F)c2)ccc1[N+](=O)[O-]. The molecule has 108 valence electrons. The van der Waals surface area contributed by atoms with E-state index in [9.17, 15) is 24.6 Å². The van der Waals surface area contributed by atoms with Gasteiger partial charge >= 0.3 is 11.4 Å². The first kappa shape index (κ1) is 14.1. The summed E-state index contributed by atoms with van der Waals surface area (Å²) >= 11 is 0. The number of nitrogens with two attached hydrogens (primary N) is 1. The van der Waals surface area contributed by atoms with E-state index >= 15 is 0 Å². The minimum atomic E-state index is -1.08. The van der Waals surface area contributed by atoms with Crippen LogP contribution in [0.15, 0.2) is 30.3 Å². The lowest BCUT2D eigenvalue weighted by Gasteiger charge is -2.05. The highest BCUT2D eigenvalue weighted by atomic mass is 19.1. The molecular weight excluding hydrogens is 287 g/mol. The Bertz CT molecular complexity index is 675. The fraction of sp³-hybridized carbons (Fsp3) is 0. The van der Waals surface area contributed by atoms with Crippen LogP contribution in [0.3, 0.4) is 0 Å². The second kappa shape index (κ2) is 5.36. The molecule has 0 atom stereocenters. The molecule has 0 aliphatic rings. The Balaban J connectivity index is 2.26. The zero-order valence-electron chi connectivity index (χ0n) is 10.2. The molecule has 1 aromatic carbocycles. The second-order valence-corrected chi connectivity index (χ2v) is 3.78. The van der Waals surface area contributed by atoms with Crippen molar-refractivity contribution >= 4 is 17.2 Å². The predicted molar refractivity (Wildman–Crippen MR) is 68.4 cm³/mol. The molecule has 2 aromatic rings. The first-order valence-corrected chi connectivity index (χ1v) is 5.41. The van der Waals surface area contributed by atoms with E-state index in [1.165, 1.54) is 12.1 Å². The fourth-order valence-electron chi connectivity index (χ4n) is 1.48. The molecule has 2 rings (SSSR count). The van der Waals surface area contributed by atoms with Crippen LogP contribution in [0.1, 0.15) is 0 Å². The first-order chi connectivity index (χ1) is 9.88. The smallest absolute Gasteiger partial charge is 0.311 e. The summed E-state index contributed by atoms with van der Waals surface area (Å²) in [5.41, 5.74) is 4.29. The molecule has 0 saturated carbocycles. The normalized spacial score (nSPS) is 10.1. The van der Waals surface area contributed by atoms with E-state index in [2.05, 4.69) is 4.98 Å². The summed E-state index contributed by atoms with van der Waals surface area (Å²) < 4.78 is 18.5. The Morgan fingerprint density at radius 1 is 1.10 bits per heavy atom. The van der Waals surface area contributed by atoms with E-state index in [1.807, 2.05) is 0 Å². The maximum Gasteiger partial charge on any atom is 0.311 e. The van der Waals surface area contributed by atoms with Crippen molar-refractivity contribution in [3.05, 3.63) is 56.4 Å². The summed E-state index contributed by atoms with van der Waals surface area (Å²) in [4.78, 5) is 23.1. The van der Waals surface area contributed by atoms with Crippen molar-refractivity contribution in [1.29, 1.82) is 0 Å². The Morgan fingerprint density at radius 2 is 1.71 bits per heavy atom. The van der Waals surface area contributed by atoms with Crippen LogP contribution >= 0.6 is 0 Å². The summed E-state index contributed by atoms with van der Waals surface area (Å²) in [6.45, 7) is 0. The van der Waals surface area contributed by atoms with E-state index in [4.69, 9.17) is 10.5 Å². The summed E-state index contributed by atoms with van der Waals surface area (Å²) in [5.74, 6) is -1.60. The third-order valence-electron chi connectivity index (χ3n) is 2.41. The number of benzene rings is 1. The summed E-state index contributed by atoms with van der Waals surface area (Å²) in [6, 6.07) is 5.16. The maximum atomic E-state index is 13.4. The topological polar surface area (TPSA) is 134 Å². The fourth-order valence-corrected chi connectivity index (χ4v) is 1.48. The molecule has 0 unspecified atom stereocenters. The van der Waals surface area contributed by atoms with Gasteiger partial charge in [-0.2, -0.15) is 9.37 Å². The molecule has 1 aromatic heterocycles. The van der Waals surface area contributed by atoms with Crippen LogP contribution in [0, 0.1) is 26.0 Å². The van der Waals surface area contributed by atoms with E-state index < -0.39 is 27.0 Å².